The number of hydrogen-bond acceptors (Lipinski definition) is 1. The van der Waals surface area contributed by atoms with Crippen LogP contribution >= 0.6 is 12.4 Å². The molecule has 0 atom stereocenters. The van der Waals surface area contributed by atoms with E-state index in [-0.39, 0.29) is 12.4 Å². The van der Waals surface area contributed by atoms with Crippen molar-refractivity contribution < 1.29 is 4.79 Å². The molecule has 1 aromatic rings. The van der Waals surface area contributed by atoms with Crippen LogP contribution in [0.3, 0.4) is 0 Å². The van der Waals surface area contributed by atoms with Crippen LogP contribution in [0, 0.1) is 13.8 Å². The van der Waals surface area contributed by atoms with Gasteiger partial charge in [-0.1, -0.05) is 17.7 Å². The second kappa shape index (κ2) is 4.14. The van der Waals surface area contributed by atoms with Crippen LogP contribution in [0.25, 0.3) is 0 Å². The topological polar surface area (TPSA) is 17.1 Å². The fraction of sp³-hybridized carbons (Fsp3) is 0.222. The van der Waals surface area contributed by atoms with Crippen molar-refractivity contribution in [1.29, 1.82) is 0 Å². The van der Waals surface area contributed by atoms with Crippen LogP contribution in [0.2, 0.25) is 0 Å². The third-order valence-corrected chi connectivity index (χ3v) is 1.56. The maximum absolute atomic E-state index is 10.4. The van der Waals surface area contributed by atoms with E-state index in [0.717, 1.165) is 23.0 Å². The quantitative estimate of drug-likeness (QED) is 0.592. The van der Waals surface area contributed by atoms with Crippen molar-refractivity contribution in [2.45, 2.75) is 13.8 Å². The van der Waals surface area contributed by atoms with Crippen LogP contribution in [-0.2, 0) is 0 Å². The summed E-state index contributed by atoms with van der Waals surface area (Å²) in [4.78, 5) is 10.4. The molecule has 0 N–H and O–H groups in total. The third kappa shape index (κ3) is 2.35. The molecule has 0 aromatic heterocycles. The first-order valence-corrected chi connectivity index (χ1v) is 3.26. The first-order chi connectivity index (χ1) is 4.74. The molecule has 11 heavy (non-hydrogen) atoms. The lowest BCUT2D eigenvalue weighted by Crippen LogP contribution is -1.85. The predicted molar refractivity (Wildman–Crippen MR) is 48.6 cm³/mol. The van der Waals surface area contributed by atoms with Crippen molar-refractivity contribution in [2.75, 3.05) is 0 Å². The minimum Gasteiger partial charge on any atom is -0.298 e. The first-order valence-electron chi connectivity index (χ1n) is 3.26. The highest BCUT2D eigenvalue weighted by Crippen LogP contribution is 2.07. The molecule has 0 heterocycles. The molecule has 0 saturated heterocycles. The van der Waals surface area contributed by atoms with Gasteiger partial charge in [0.05, 0.1) is 0 Å². The number of rotatable bonds is 1. The summed E-state index contributed by atoms with van der Waals surface area (Å²) in [5.41, 5.74) is 2.97. The second-order valence-corrected chi connectivity index (χ2v) is 2.48. The Kier molecular flexibility index (Phi) is 3.83. The molecule has 0 aliphatic carbocycles. The van der Waals surface area contributed by atoms with Gasteiger partial charge in [0.25, 0.3) is 0 Å². The Bertz CT molecular complexity index is 256. The minimum atomic E-state index is 0. The van der Waals surface area contributed by atoms with Gasteiger partial charge in [-0.15, -0.1) is 12.4 Å². The summed E-state index contributed by atoms with van der Waals surface area (Å²) >= 11 is 0. The van der Waals surface area contributed by atoms with Crippen LogP contribution in [0.1, 0.15) is 21.5 Å². The zero-order chi connectivity index (χ0) is 7.56. The predicted octanol–water partition coefficient (Wildman–Crippen LogP) is 2.54. The zero-order valence-corrected chi connectivity index (χ0v) is 7.44. The van der Waals surface area contributed by atoms with Crippen molar-refractivity contribution >= 4 is 18.7 Å². The van der Waals surface area contributed by atoms with Gasteiger partial charge in [0.15, 0.2) is 0 Å². The van der Waals surface area contributed by atoms with E-state index in [1.165, 1.54) is 0 Å². The highest BCUT2D eigenvalue weighted by Gasteiger charge is 1.94. The van der Waals surface area contributed by atoms with Gasteiger partial charge < -0.3 is 0 Å². The Morgan fingerprint density at radius 2 is 1.91 bits per heavy atom. The number of benzene rings is 1. The second-order valence-electron chi connectivity index (χ2n) is 2.48. The normalized spacial score (nSPS) is 8.55. The molecular weight excluding hydrogens is 160 g/mol. The number of carbonyl (C=O) groups is 1. The van der Waals surface area contributed by atoms with Crippen LogP contribution in [-0.4, -0.2) is 6.29 Å². The highest BCUT2D eigenvalue weighted by atomic mass is 35.5. The molecule has 2 heteroatoms. The summed E-state index contributed by atoms with van der Waals surface area (Å²) in [5, 5.41) is 0. The number of hydrogen-bond donors (Lipinski definition) is 0. The molecule has 1 rings (SSSR count). The highest BCUT2D eigenvalue weighted by molar-refractivity contribution is 5.85. The lowest BCUT2D eigenvalue weighted by Gasteiger charge is -1.97. The van der Waals surface area contributed by atoms with Gasteiger partial charge >= 0.3 is 0 Å². The fourth-order valence-electron chi connectivity index (χ4n) is 0.887. The van der Waals surface area contributed by atoms with E-state index in [0.29, 0.717) is 0 Å². The van der Waals surface area contributed by atoms with E-state index in [2.05, 4.69) is 0 Å². The number of aldehydes is 1. The molecule has 60 valence electrons. The molecular formula is C9H11ClO. The number of carbonyl (C=O) groups excluding carboxylic acids is 1. The van der Waals surface area contributed by atoms with Gasteiger partial charge in [0.2, 0.25) is 0 Å². The molecule has 0 saturated carbocycles. The Morgan fingerprint density at radius 1 is 1.27 bits per heavy atom. The molecule has 0 bridgehead atoms. The van der Waals surface area contributed by atoms with Crippen LogP contribution in [0.5, 0.6) is 0 Å². The molecule has 1 nitrogen and oxygen atoms in total. The van der Waals surface area contributed by atoms with Gasteiger partial charge in [-0.2, -0.15) is 0 Å². The average Bonchev–Trinajstić information content (AvgIpc) is 1.94. The summed E-state index contributed by atoms with van der Waals surface area (Å²) in [6.07, 6.45) is 0.891. The maximum atomic E-state index is 10.4. The van der Waals surface area contributed by atoms with E-state index in [1.54, 1.807) is 0 Å². The van der Waals surface area contributed by atoms with Gasteiger partial charge in [-0.05, 0) is 25.5 Å². The average molecular weight is 171 g/mol. The minimum absolute atomic E-state index is 0. The van der Waals surface area contributed by atoms with E-state index in [9.17, 15) is 4.79 Å². The summed E-state index contributed by atoms with van der Waals surface area (Å²) in [6.45, 7) is 3.91. The summed E-state index contributed by atoms with van der Waals surface area (Å²) in [6, 6.07) is 5.85. The molecule has 0 fully saturated rings. The van der Waals surface area contributed by atoms with Crippen molar-refractivity contribution in [3.05, 3.63) is 34.9 Å². The van der Waals surface area contributed by atoms with Crippen molar-refractivity contribution in [3.8, 4) is 0 Å². The molecule has 0 amide bonds. The molecule has 0 radical (unpaired) electrons. The van der Waals surface area contributed by atoms with Gasteiger partial charge in [-0.25, -0.2) is 0 Å². The van der Waals surface area contributed by atoms with E-state index in [4.69, 9.17) is 0 Å². The smallest absolute Gasteiger partial charge is 0.150 e. The van der Waals surface area contributed by atoms with Crippen molar-refractivity contribution in [1.82, 2.24) is 0 Å². The Morgan fingerprint density at radius 3 is 2.36 bits per heavy atom. The molecule has 0 unspecified atom stereocenters. The standard InChI is InChI=1S/C9H10O.ClH/c1-7-3-4-8(2)9(5-7)6-10;/h3-6H,1-2H3;1H. The third-order valence-electron chi connectivity index (χ3n) is 1.56. The zero-order valence-electron chi connectivity index (χ0n) is 6.63. The Hall–Kier alpha value is -0.820. The number of aryl methyl sites for hydroxylation is 2. The largest absolute Gasteiger partial charge is 0.298 e. The van der Waals surface area contributed by atoms with Gasteiger partial charge in [0, 0.05) is 5.56 Å². The fourth-order valence-corrected chi connectivity index (χ4v) is 0.887. The Balaban J connectivity index is 0.000001000. The van der Waals surface area contributed by atoms with E-state index < -0.39 is 0 Å². The molecule has 0 aliphatic heterocycles. The monoisotopic (exact) mass is 170 g/mol. The summed E-state index contributed by atoms with van der Waals surface area (Å²) < 4.78 is 0. The van der Waals surface area contributed by atoms with Gasteiger partial charge in [0.1, 0.15) is 6.29 Å². The van der Waals surface area contributed by atoms with Gasteiger partial charge in [-0.3, -0.25) is 4.79 Å². The Labute approximate surface area is 72.8 Å². The maximum Gasteiger partial charge on any atom is 0.150 e. The SMILES string of the molecule is Cc1ccc(C)c(C=O)c1.Cl. The van der Waals surface area contributed by atoms with E-state index in [1.807, 2.05) is 32.0 Å². The van der Waals surface area contributed by atoms with Crippen LogP contribution in [0.15, 0.2) is 18.2 Å². The molecule has 0 spiro atoms. The van der Waals surface area contributed by atoms with E-state index >= 15 is 0 Å². The molecule has 0 aliphatic rings. The van der Waals surface area contributed by atoms with Crippen LogP contribution in [0.4, 0.5) is 0 Å². The lowest BCUT2D eigenvalue weighted by molar-refractivity contribution is 0.112. The summed E-state index contributed by atoms with van der Waals surface area (Å²) in [7, 11) is 0. The number of halogens is 1. The summed E-state index contributed by atoms with van der Waals surface area (Å²) in [5.74, 6) is 0. The molecule has 1 aromatic carbocycles. The lowest BCUT2D eigenvalue weighted by atomic mass is 10.1. The first kappa shape index (κ1) is 10.2. The van der Waals surface area contributed by atoms with Crippen molar-refractivity contribution in [2.24, 2.45) is 0 Å². The van der Waals surface area contributed by atoms with Crippen molar-refractivity contribution in [3.63, 3.8) is 0 Å². The van der Waals surface area contributed by atoms with Crippen LogP contribution < -0.4 is 0 Å².